The van der Waals surface area contributed by atoms with Gasteiger partial charge in [-0.3, -0.25) is 4.68 Å². The molecule has 1 atom stereocenters. The Bertz CT molecular complexity index is 420. The van der Waals surface area contributed by atoms with Crippen molar-refractivity contribution in [1.82, 2.24) is 9.78 Å². The van der Waals surface area contributed by atoms with Crippen LogP contribution in [0.3, 0.4) is 0 Å². The van der Waals surface area contributed by atoms with E-state index < -0.39 is 0 Å². The fraction of sp³-hybridized carbons (Fsp3) is 0.250. The van der Waals surface area contributed by atoms with Crippen molar-refractivity contribution in [2.45, 2.75) is 19.5 Å². The van der Waals surface area contributed by atoms with E-state index in [9.17, 15) is 0 Å². The first kappa shape index (κ1) is 9.93. The molecule has 1 heterocycles. The van der Waals surface area contributed by atoms with Crippen molar-refractivity contribution in [3.05, 3.63) is 53.9 Å². The zero-order valence-electron chi connectivity index (χ0n) is 8.80. The van der Waals surface area contributed by atoms with Gasteiger partial charge in [-0.15, -0.1) is 0 Å². The first-order valence-corrected chi connectivity index (χ1v) is 5.05. The van der Waals surface area contributed by atoms with Crippen LogP contribution in [0, 0.1) is 6.92 Å². The van der Waals surface area contributed by atoms with Crippen LogP contribution >= 0.6 is 0 Å². The average molecular weight is 201 g/mol. The summed E-state index contributed by atoms with van der Waals surface area (Å²) in [5.74, 6) is 0. The number of rotatable bonds is 3. The summed E-state index contributed by atoms with van der Waals surface area (Å²) in [7, 11) is 0. The van der Waals surface area contributed by atoms with E-state index >= 15 is 0 Å². The normalized spacial score (nSPS) is 12.7. The van der Waals surface area contributed by atoms with Crippen LogP contribution in [0.5, 0.6) is 0 Å². The van der Waals surface area contributed by atoms with Crippen LogP contribution in [0.4, 0.5) is 0 Å². The lowest BCUT2D eigenvalue weighted by Crippen LogP contribution is -2.17. The molecular formula is C12H15N3. The van der Waals surface area contributed by atoms with Crippen LogP contribution in [0.25, 0.3) is 0 Å². The monoisotopic (exact) mass is 201 g/mol. The van der Waals surface area contributed by atoms with Crippen LogP contribution in [0.1, 0.15) is 17.2 Å². The Morgan fingerprint density at radius 3 is 2.93 bits per heavy atom. The lowest BCUT2D eigenvalue weighted by atomic mass is 10.1. The van der Waals surface area contributed by atoms with Gasteiger partial charge in [0.1, 0.15) is 0 Å². The van der Waals surface area contributed by atoms with E-state index in [1.54, 1.807) is 6.20 Å². The van der Waals surface area contributed by atoms with Gasteiger partial charge >= 0.3 is 0 Å². The van der Waals surface area contributed by atoms with Gasteiger partial charge in [0.25, 0.3) is 0 Å². The molecule has 1 aromatic heterocycles. The molecule has 2 rings (SSSR count). The van der Waals surface area contributed by atoms with Gasteiger partial charge in [0, 0.05) is 18.4 Å². The molecule has 0 amide bonds. The van der Waals surface area contributed by atoms with Gasteiger partial charge in [0.05, 0.1) is 6.54 Å². The molecule has 2 aromatic rings. The zero-order chi connectivity index (χ0) is 10.7. The molecule has 0 bridgehead atoms. The summed E-state index contributed by atoms with van der Waals surface area (Å²) in [5.41, 5.74) is 8.49. The van der Waals surface area contributed by atoms with Crippen molar-refractivity contribution in [1.29, 1.82) is 0 Å². The summed E-state index contributed by atoms with van der Waals surface area (Å²) in [6.45, 7) is 2.79. The summed E-state index contributed by atoms with van der Waals surface area (Å²) in [5, 5.41) is 4.14. The number of aryl methyl sites for hydroxylation is 1. The maximum Gasteiger partial charge on any atom is 0.0602 e. The topological polar surface area (TPSA) is 43.8 Å². The molecule has 0 aliphatic carbocycles. The molecule has 3 heteroatoms. The van der Waals surface area contributed by atoms with Gasteiger partial charge in [-0.2, -0.15) is 5.10 Å². The van der Waals surface area contributed by atoms with Gasteiger partial charge in [-0.1, -0.05) is 29.8 Å². The summed E-state index contributed by atoms with van der Waals surface area (Å²) < 4.78 is 1.85. The minimum absolute atomic E-state index is 0.00444. The van der Waals surface area contributed by atoms with Gasteiger partial charge in [0.15, 0.2) is 0 Å². The summed E-state index contributed by atoms with van der Waals surface area (Å²) in [6, 6.07) is 10.2. The lowest BCUT2D eigenvalue weighted by Gasteiger charge is -2.12. The third-order valence-corrected chi connectivity index (χ3v) is 2.41. The second kappa shape index (κ2) is 4.28. The van der Waals surface area contributed by atoms with E-state index in [1.807, 2.05) is 23.0 Å². The lowest BCUT2D eigenvalue weighted by molar-refractivity contribution is 0.527. The third-order valence-electron chi connectivity index (χ3n) is 2.41. The molecule has 0 radical (unpaired) electrons. The summed E-state index contributed by atoms with van der Waals surface area (Å²) in [4.78, 5) is 0. The number of benzene rings is 1. The molecule has 0 saturated carbocycles. The fourth-order valence-corrected chi connectivity index (χ4v) is 1.62. The van der Waals surface area contributed by atoms with Gasteiger partial charge in [-0.05, 0) is 18.6 Å². The fourth-order valence-electron chi connectivity index (χ4n) is 1.62. The number of hydrogen-bond donors (Lipinski definition) is 1. The van der Waals surface area contributed by atoms with Crippen molar-refractivity contribution in [2.75, 3.05) is 0 Å². The summed E-state index contributed by atoms with van der Waals surface area (Å²) >= 11 is 0. The minimum Gasteiger partial charge on any atom is -0.322 e. The molecule has 2 N–H and O–H groups in total. The number of nitrogens with two attached hydrogens (primary N) is 1. The minimum atomic E-state index is 0.00444. The average Bonchev–Trinajstić information content (AvgIpc) is 2.70. The van der Waals surface area contributed by atoms with Gasteiger partial charge in [-0.25, -0.2) is 0 Å². The number of aromatic nitrogens is 2. The van der Waals surface area contributed by atoms with Crippen LogP contribution < -0.4 is 5.73 Å². The molecular weight excluding hydrogens is 186 g/mol. The molecule has 1 unspecified atom stereocenters. The van der Waals surface area contributed by atoms with Crippen LogP contribution in [0.2, 0.25) is 0 Å². The van der Waals surface area contributed by atoms with Crippen molar-refractivity contribution < 1.29 is 0 Å². The quantitative estimate of drug-likeness (QED) is 0.824. The Morgan fingerprint density at radius 1 is 1.40 bits per heavy atom. The van der Waals surface area contributed by atoms with Crippen LogP contribution in [-0.4, -0.2) is 9.78 Å². The van der Waals surface area contributed by atoms with E-state index in [0.717, 1.165) is 12.1 Å². The highest BCUT2D eigenvalue weighted by Crippen LogP contribution is 2.13. The highest BCUT2D eigenvalue weighted by molar-refractivity contribution is 5.24. The molecule has 0 aliphatic rings. The first-order valence-electron chi connectivity index (χ1n) is 5.05. The molecule has 78 valence electrons. The molecule has 3 nitrogen and oxygen atoms in total. The first-order chi connectivity index (χ1) is 7.25. The zero-order valence-corrected chi connectivity index (χ0v) is 8.80. The van der Waals surface area contributed by atoms with E-state index in [2.05, 4.69) is 30.2 Å². The second-order valence-corrected chi connectivity index (χ2v) is 3.75. The number of hydrogen-bond acceptors (Lipinski definition) is 2. The predicted octanol–water partition coefficient (Wildman–Crippen LogP) is 1.89. The third kappa shape index (κ3) is 2.44. The van der Waals surface area contributed by atoms with Crippen molar-refractivity contribution in [3.63, 3.8) is 0 Å². The predicted molar refractivity (Wildman–Crippen MR) is 60.3 cm³/mol. The van der Waals surface area contributed by atoms with Crippen molar-refractivity contribution >= 4 is 0 Å². The standard InChI is InChI=1S/C12H15N3/c1-10-4-2-5-11(8-10)12(13)9-15-7-3-6-14-15/h2-8,12H,9,13H2,1H3. The van der Waals surface area contributed by atoms with E-state index in [4.69, 9.17) is 5.73 Å². The smallest absolute Gasteiger partial charge is 0.0602 e. The highest BCUT2D eigenvalue weighted by Gasteiger charge is 2.06. The van der Waals surface area contributed by atoms with E-state index in [0.29, 0.717) is 0 Å². The van der Waals surface area contributed by atoms with E-state index in [-0.39, 0.29) is 6.04 Å². The molecule has 0 aliphatic heterocycles. The Balaban J connectivity index is 2.11. The Kier molecular flexibility index (Phi) is 2.83. The molecule has 0 fully saturated rings. The van der Waals surface area contributed by atoms with Crippen molar-refractivity contribution in [2.24, 2.45) is 5.73 Å². The highest BCUT2D eigenvalue weighted by atomic mass is 15.3. The van der Waals surface area contributed by atoms with Crippen LogP contribution in [-0.2, 0) is 6.54 Å². The van der Waals surface area contributed by atoms with E-state index in [1.165, 1.54) is 5.56 Å². The van der Waals surface area contributed by atoms with Gasteiger partial charge < -0.3 is 5.73 Å². The Labute approximate surface area is 89.5 Å². The second-order valence-electron chi connectivity index (χ2n) is 3.75. The van der Waals surface area contributed by atoms with Gasteiger partial charge in [0.2, 0.25) is 0 Å². The molecule has 1 aromatic carbocycles. The Hall–Kier alpha value is -1.61. The summed E-state index contributed by atoms with van der Waals surface area (Å²) in [6.07, 6.45) is 3.69. The van der Waals surface area contributed by atoms with Crippen LogP contribution in [0.15, 0.2) is 42.7 Å². The number of nitrogens with zero attached hydrogens (tertiary/aromatic N) is 2. The largest absolute Gasteiger partial charge is 0.322 e. The SMILES string of the molecule is Cc1cccc(C(N)Cn2cccn2)c1. The van der Waals surface area contributed by atoms with Crippen molar-refractivity contribution in [3.8, 4) is 0 Å². The maximum atomic E-state index is 6.09. The molecule has 15 heavy (non-hydrogen) atoms. The maximum absolute atomic E-state index is 6.09. The molecule has 0 saturated heterocycles. The molecule has 0 spiro atoms. The Morgan fingerprint density at radius 2 is 2.27 bits per heavy atom.